The number of carbonyl (C=O) groups is 1. The molecular weight excluding hydrogens is 280 g/mol. The number of aryl methyl sites for hydroxylation is 1. The molecule has 2 rings (SSSR count). The van der Waals surface area contributed by atoms with Crippen molar-refractivity contribution < 1.29 is 9.32 Å². The summed E-state index contributed by atoms with van der Waals surface area (Å²) in [6, 6.07) is 1.59. The maximum Gasteiger partial charge on any atom is 0.244 e. The first-order chi connectivity index (χ1) is 9.41. The van der Waals surface area contributed by atoms with Gasteiger partial charge >= 0.3 is 0 Å². The van der Waals surface area contributed by atoms with Gasteiger partial charge in [-0.05, 0) is 20.8 Å². The molecule has 0 aliphatic rings. The van der Waals surface area contributed by atoms with Crippen molar-refractivity contribution in [2.45, 2.75) is 33.4 Å². The molecule has 0 saturated carbocycles. The van der Waals surface area contributed by atoms with Gasteiger partial charge in [0.1, 0.15) is 18.5 Å². The fraction of sp³-hybridized carbons (Fsp3) is 0.462. The minimum atomic E-state index is -0.159. The number of carbonyl (C=O) groups excluding carboxylic acids is 1. The lowest BCUT2D eigenvalue weighted by Gasteiger charge is -2.23. The molecule has 0 spiro atoms. The standard InChI is InChI=1S/C13H17ClN4O2/c1-8-13(14)10(3)18(15-8)7-12(19)17(4)9(2)11-5-6-20-16-11/h5-6,9H,7H2,1-4H3. The maximum atomic E-state index is 12.3. The lowest BCUT2D eigenvalue weighted by Crippen LogP contribution is -2.33. The van der Waals surface area contributed by atoms with Crippen LogP contribution >= 0.6 is 11.6 Å². The van der Waals surface area contributed by atoms with Crippen molar-refractivity contribution in [2.75, 3.05) is 7.05 Å². The molecule has 2 heterocycles. The molecule has 2 aromatic heterocycles. The van der Waals surface area contributed by atoms with Gasteiger partial charge < -0.3 is 9.42 Å². The fourth-order valence-corrected chi connectivity index (χ4v) is 2.06. The predicted molar refractivity (Wildman–Crippen MR) is 74.4 cm³/mol. The zero-order chi connectivity index (χ0) is 14.9. The van der Waals surface area contributed by atoms with Crippen LogP contribution in [0, 0.1) is 13.8 Å². The molecule has 1 atom stereocenters. The average molecular weight is 297 g/mol. The molecule has 0 aliphatic carbocycles. The normalized spacial score (nSPS) is 12.4. The minimum absolute atomic E-state index is 0.0669. The van der Waals surface area contributed by atoms with Crippen molar-refractivity contribution in [1.29, 1.82) is 0 Å². The van der Waals surface area contributed by atoms with Crippen molar-refractivity contribution in [2.24, 2.45) is 0 Å². The van der Waals surface area contributed by atoms with E-state index in [1.807, 2.05) is 20.8 Å². The van der Waals surface area contributed by atoms with E-state index in [9.17, 15) is 4.79 Å². The molecule has 1 amide bonds. The van der Waals surface area contributed by atoms with E-state index in [2.05, 4.69) is 10.3 Å². The van der Waals surface area contributed by atoms with Gasteiger partial charge in [0, 0.05) is 13.1 Å². The van der Waals surface area contributed by atoms with Gasteiger partial charge in [0.05, 0.1) is 22.5 Å². The second kappa shape index (κ2) is 5.66. The summed E-state index contributed by atoms with van der Waals surface area (Å²) in [4.78, 5) is 13.9. The molecule has 7 heteroatoms. The number of hydrogen-bond acceptors (Lipinski definition) is 4. The van der Waals surface area contributed by atoms with E-state index >= 15 is 0 Å². The average Bonchev–Trinajstić information content (AvgIpc) is 3.03. The quantitative estimate of drug-likeness (QED) is 0.869. The number of amides is 1. The molecule has 0 radical (unpaired) electrons. The summed E-state index contributed by atoms with van der Waals surface area (Å²) < 4.78 is 6.42. The Labute approximate surface area is 122 Å². The summed E-state index contributed by atoms with van der Waals surface area (Å²) in [7, 11) is 1.73. The first-order valence-electron chi connectivity index (χ1n) is 6.27. The molecule has 0 bridgehead atoms. The van der Waals surface area contributed by atoms with Gasteiger partial charge in [0.15, 0.2) is 0 Å². The van der Waals surface area contributed by atoms with E-state index in [0.29, 0.717) is 10.7 Å². The lowest BCUT2D eigenvalue weighted by molar-refractivity contribution is -0.132. The van der Waals surface area contributed by atoms with Crippen LogP contribution in [-0.2, 0) is 11.3 Å². The van der Waals surface area contributed by atoms with Crippen molar-refractivity contribution in [3.8, 4) is 0 Å². The number of halogens is 1. The van der Waals surface area contributed by atoms with E-state index in [1.165, 1.54) is 6.26 Å². The van der Waals surface area contributed by atoms with E-state index in [4.69, 9.17) is 16.1 Å². The highest BCUT2D eigenvalue weighted by molar-refractivity contribution is 6.31. The van der Waals surface area contributed by atoms with Crippen molar-refractivity contribution >= 4 is 17.5 Å². The molecule has 0 fully saturated rings. The molecule has 0 saturated heterocycles. The van der Waals surface area contributed by atoms with Crippen LogP contribution < -0.4 is 0 Å². The van der Waals surface area contributed by atoms with E-state index in [1.54, 1.807) is 22.7 Å². The van der Waals surface area contributed by atoms with Gasteiger partial charge in [-0.3, -0.25) is 9.48 Å². The van der Waals surface area contributed by atoms with E-state index in [0.717, 1.165) is 11.4 Å². The molecule has 108 valence electrons. The molecule has 1 unspecified atom stereocenters. The highest BCUT2D eigenvalue weighted by Gasteiger charge is 2.21. The fourth-order valence-electron chi connectivity index (χ4n) is 1.92. The summed E-state index contributed by atoms with van der Waals surface area (Å²) in [5.74, 6) is -0.0669. The molecule has 6 nitrogen and oxygen atoms in total. The molecular formula is C13H17ClN4O2. The third-order valence-corrected chi connectivity index (χ3v) is 3.99. The highest BCUT2D eigenvalue weighted by atomic mass is 35.5. The Balaban J connectivity index is 2.10. The van der Waals surface area contributed by atoms with Crippen molar-refractivity contribution in [3.63, 3.8) is 0 Å². The van der Waals surface area contributed by atoms with Gasteiger partial charge in [-0.25, -0.2) is 0 Å². The van der Waals surface area contributed by atoms with Crippen LogP contribution in [0.5, 0.6) is 0 Å². The monoisotopic (exact) mass is 296 g/mol. The smallest absolute Gasteiger partial charge is 0.244 e. The Kier molecular flexibility index (Phi) is 4.13. The molecule has 20 heavy (non-hydrogen) atoms. The van der Waals surface area contributed by atoms with Crippen molar-refractivity contribution in [1.82, 2.24) is 19.8 Å². The second-order valence-electron chi connectivity index (χ2n) is 4.75. The first kappa shape index (κ1) is 14.6. The Morgan fingerprint density at radius 2 is 2.25 bits per heavy atom. The summed E-state index contributed by atoms with van der Waals surface area (Å²) >= 11 is 6.07. The topological polar surface area (TPSA) is 64.2 Å². The Hall–Kier alpha value is -1.82. The maximum absolute atomic E-state index is 12.3. The van der Waals surface area contributed by atoms with Crippen LogP contribution in [0.2, 0.25) is 5.02 Å². The van der Waals surface area contributed by atoms with Crippen LogP contribution in [0.4, 0.5) is 0 Å². The van der Waals surface area contributed by atoms with Gasteiger partial charge in [-0.1, -0.05) is 16.8 Å². The van der Waals surface area contributed by atoms with Crippen molar-refractivity contribution in [3.05, 3.63) is 34.4 Å². The van der Waals surface area contributed by atoms with Crippen LogP contribution in [0.1, 0.15) is 30.0 Å². The predicted octanol–water partition coefficient (Wildman–Crippen LogP) is 2.36. The minimum Gasteiger partial charge on any atom is -0.364 e. The summed E-state index contributed by atoms with van der Waals surface area (Å²) in [5.41, 5.74) is 2.23. The third kappa shape index (κ3) is 2.70. The Morgan fingerprint density at radius 3 is 2.75 bits per heavy atom. The number of nitrogens with zero attached hydrogens (tertiary/aromatic N) is 4. The Morgan fingerprint density at radius 1 is 1.55 bits per heavy atom. The number of aromatic nitrogens is 3. The first-order valence-corrected chi connectivity index (χ1v) is 6.65. The van der Waals surface area contributed by atoms with Crippen LogP contribution in [-0.4, -0.2) is 32.8 Å². The zero-order valence-corrected chi connectivity index (χ0v) is 12.7. The molecule has 0 aliphatic heterocycles. The molecule has 0 N–H and O–H groups in total. The lowest BCUT2D eigenvalue weighted by atomic mass is 10.2. The molecule has 0 aromatic carbocycles. The number of hydrogen-bond donors (Lipinski definition) is 0. The van der Waals surface area contributed by atoms with Crippen LogP contribution in [0.3, 0.4) is 0 Å². The van der Waals surface area contributed by atoms with E-state index in [-0.39, 0.29) is 18.5 Å². The van der Waals surface area contributed by atoms with Gasteiger partial charge in [0.25, 0.3) is 0 Å². The third-order valence-electron chi connectivity index (χ3n) is 3.44. The zero-order valence-electron chi connectivity index (χ0n) is 11.9. The highest BCUT2D eigenvalue weighted by Crippen LogP contribution is 2.20. The van der Waals surface area contributed by atoms with Gasteiger partial charge in [-0.15, -0.1) is 0 Å². The number of rotatable bonds is 4. The summed E-state index contributed by atoms with van der Waals surface area (Å²) in [6.45, 7) is 5.71. The van der Waals surface area contributed by atoms with Crippen LogP contribution in [0.25, 0.3) is 0 Å². The van der Waals surface area contributed by atoms with Gasteiger partial charge in [0.2, 0.25) is 5.91 Å². The summed E-state index contributed by atoms with van der Waals surface area (Å²) in [6.07, 6.45) is 1.49. The summed E-state index contributed by atoms with van der Waals surface area (Å²) in [5, 5.41) is 8.71. The van der Waals surface area contributed by atoms with E-state index < -0.39 is 0 Å². The second-order valence-corrected chi connectivity index (χ2v) is 5.13. The SMILES string of the molecule is Cc1nn(CC(=O)N(C)C(C)c2ccon2)c(C)c1Cl. The number of likely N-dealkylation sites (N-methyl/N-ethyl adjacent to an activating group) is 1. The largest absolute Gasteiger partial charge is 0.364 e. The van der Waals surface area contributed by atoms with Crippen LogP contribution in [0.15, 0.2) is 16.9 Å². The molecule has 2 aromatic rings. The van der Waals surface area contributed by atoms with Gasteiger partial charge in [-0.2, -0.15) is 5.10 Å². The Bertz CT molecular complexity index is 606.